The van der Waals surface area contributed by atoms with E-state index < -0.39 is 0 Å². The minimum absolute atomic E-state index is 0.914. The Morgan fingerprint density at radius 1 is 1.75 bits per heavy atom. The van der Waals surface area contributed by atoms with Crippen molar-refractivity contribution in [3.8, 4) is 0 Å². The Labute approximate surface area is 49.4 Å². The monoisotopic (exact) mass is 107 g/mol. The third kappa shape index (κ3) is 1.06. The summed E-state index contributed by atoms with van der Waals surface area (Å²) in [5.41, 5.74) is 2.21. The molecular weight excluding hydrogens is 98.1 g/mol. The van der Waals surface area contributed by atoms with Gasteiger partial charge in [-0.2, -0.15) is 0 Å². The molecule has 0 amide bonds. The van der Waals surface area contributed by atoms with Crippen LogP contribution in [-0.4, -0.2) is 6.21 Å². The molecule has 0 spiro atoms. The van der Waals surface area contributed by atoms with Crippen LogP contribution in [0.5, 0.6) is 0 Å². The quantitative estimate of drug-likeness (QED) is 0.448. The molecule has 0 aliphatic carbocycles. The Hall–Kier alpha value is -0.850. The van der Waals surface area contributed by atoms with Crippen LogP contribution in [0.3, 0.4) is 0 Å². The Kier molecular flexibility index (Phi) is 1.29. The van der Waals surface area contributed by atoms with Crippen molar-refractivity contribution >= 4 is 6.21 Å². The zero-order valence-electron chi connectivity index (χ0n) is 5.02. The molecule has 0 N–H and O–H groups in total. The molecule has 0 unspecified atom stereocenters. The molecule has 0 radical (unpaired) electrons. The highest BCUT2D eigenvalue weighted by molar-refractivity contribution is 5.66. The SMILES string of the molecule is C=C1C=C(C)N=CC1. The van der Waals surface area contributed by atoms with E-state index in [9.17, 15) is 0 Å². The van der Waals surface area contributed by atoms with E-state index in [4.69, 9.17) is 0 Å². The average molecular weight is 107 g/mol. The molecule has 1 heteroatoms. The van der Waals surface area contributed by atoms with Crippen LogP contribution in [0.1, 0.15) is 13.3 Å². The summed E-state index contributed by atoms with van der Waals surface area (Å²) < 4.78 is 0. The molecule has 0 saturated heterocycles. The summed E-state index contributed by atoms with van der Waals surface area (Å²) in [4.78, 5) is 4.06. The fourth-order valence-electron chi connectivity index (χ4n) is 0.698. The average Bonchev–Trinajstić information content (AvgIpc) is 1.64. The Morgan fingerprint density at radius 2 is 2.50 bits per heavy atom. The van der Waals surface area contributed by atoms with E-state index in [2.05, 4.69) is 11.6 Å². The predicted molar refractivity (Wildman–Crippen MR) is 36.0 cm³/mol. The molecule has 8 heavy (non-hydrogen) atoms. The van der Waals surface area contributed by atoms with Crippen molar-refractivity contribution in [3.63, 3.8) is 0 Å². The number of allylic oxidation sites excluding steroid dienone is 3. The molecule has 0 aromatic carbocycles. The lowest BCUT2D eigenvalue weighted by atomic mass is 10.2. The molecule has 0 aromatic rings. The minimum Gasteiger partial charge on any atom is -0.266 e. The molecule has 1 aliphatic heterocycles. The van der Waals surface area contributed by atoms with Gasteiger partial charge in [0.1, 0.15) is 0 Å². The first-order valence-corrected chi connectivity index (χ1v) is 2.67. The Morgan fingerprint density at radius 3 is 2.88 bits per heavy atom. The molecule has 0 bridgehead atoms. The Balaban J connectivity index is 2.77. The van der Waals surface area contributed by atoms with E-state index in [1.54, 1.807) is 0 Å². The van der Waals surface area contributed by atoms with Crippen molar-refractivity contribution in [2.75, 3.05) is 0 Å². The Bertz CT molecular complexity index is 163. The van der Waals surface area contributed by atoms with E-state index in [-0.39, 0.29) is 0 Å². The van der Waals surface area contributed by atoms with Crippen LogP contribution < -0.4 is 0 Å². The van der Waals surface area contributed by atoms with Gasteiger partial charge in [-0.15, -0.1) is 0 Å². The second-order valence-corrected chi connectivity index (χ2v) is 1.96. The van der Waals surface area contributed by atoms with E-state index in [0.29, 0.717) is 0 Å². The third-order valence-electron chi connectivity index (χ3n) is 1.06. The predicted octanol–water partition coefficient (Wildman–Crippen LogP) is 1.92. The second-order valence-electron chi connectivity index (χ2n) is 1.96. The van der Waals surface area contributed by atoms with Crippen LogP contribution in [-0.2, 0) is 0 Å². The number of nitrogens with zero attached hydrogens (tertiary/aromatic N) is 1. The van der Waals surface area contributed by atoms with Crippen LogP contribution in [0.15, 0.2) is 28.9 Å². The molecule has 1 aliphatic rings. The van der Waals surface area contributed by atoms with E-state index >= 15 is 0 Å². The van der Waals surface area contributed by atoms with Gasteiger partial charge in [-0.05, 0) is 18.6 Å². The topological polar surface area (TPSA) is 12.4 Å². The maximum atomic E-state index is 4.06. The van der Waals surface area contributed by atoms with Crippen molar-refractivity contribution in [3.05, 3.63) is 23.9 Å². The summed E-state index contributed by atoms with van der Waals surface area (Å²) in [6, 6.07) is 0. The summed E-state index contributed by atoms with van der Waals surface area (Å²) in [6.07, 6.45) is 4.80. The first kappa shape index (κ1) is 5.29. The van der Waals surface area contributed by atoms with Gasteiger partial charge in [0.25, 0.3) is 0 Å². The van der Waals surface area contributed by atoms with Gasteiger partial charge in [-0.1, -0.05) is 6.58 Å². The summed E-state index contributed by atoms with van der Waals surface area (Å²) in [5, 5.41) is 0. The van der Waals surface area contributed by atoms with Gasteiger partial charge < -0.3 is 0 Å². The molecular formula is C7H9N. The third-order valence-corrected chi connectivity index (χ3v) is 1.06. The van der Waals surface area contributed by atoms with Crippen molar-refractivity contribution < 1.29 is 0 Å². The first-order chi connectivity index (χ1) is 3.79. The number of rotatable bonds is 0. The number of aliphatic imine (C=N–C) groups is 1. The van der Waals surface area contributed by atoms with Crippen molar-refractivity contribution in [1.82, 2.24) is 0 Å². The zero-order chi connectivity index (χ0) is 5.98. The van der Waals surface area contributed by atoms with Crippen molar-refractivity contribution in [2.24, 2.45) is 4.99 Å². The highest BCUT2D eigenvalue weighted by atomic mass is 14.7. The summed E-state index contributed by atoms with van der Waals surface area (Å²) in [7, 11) is 0. The zero-order valence-corrected chi connectivity index (χ0v) is 5.02. The van der Waals surface area contributed by atoms with Gasteiger partial charge in [0.05, 0.1) is 0 Å². The number of hydrogen-bond donors (Lipinski definition) is 0. The van der Waals surface area contributed by atoms with Crippen LogP contribution in [0.25, 0.3) is 0 Å². The van der Waals surface area contributed by atoms with Crippen molar-refractivity contribution in [2.45, 2.75) is 13.3 Å². The lowest BCUT2D eigenvalue weighted by Gasteiger charge is -2.00. The molecule has 0 aromatic heterocycles. The molecule has 0 atom stereocenters. The number of hydrogen-bond acceptors (Lipinski definition) is 1. The summed E-state index contributed by atoms with van der Waals surface area (Å²) in [5.74, 6) is 0. The minimum atomic E-state index is 0.914. The van der Waals surface area contributed by atoms with E-state index in [1.165, 1.54) is 0 Å². The van der Waals surface area contributed by atoms with Gasteiger partial charge in [-0.3, -0.25) is 4.99 Å². The largest absolute Gasteiger partial charge is 0.266 e. The first-order valence-electron chi connectivity index (χ1n) is 2.67. The normalized spacial score (nSPS) is 18.6. The maximum absolute atomic E-state index is 4.06. The lowest BCUT2D eigenvalue weighted by molar-refractivity contribution is 1.21. The standard InChI is InChI=1S/C7H9N/c1-6-3-4-8-7(2)5-6/h4-5H,1,3H2,2H3. The molecule has 1 heterocycles. The van der Waals surface area contributed by atoms with Gasteiger partial charge in [0.2, 0.25) is 0 Å². The van der Waals surface area contributed by atoms with Crippen LogP contribution in [0.4, 0.5) is 0 Å². The highest BCUT2D eigenvalue weighted by Gasteiger charge is 1.93. The fraction of sp³-hybridized carbons (Fsp3) is 0.286. The molecule has 1 rings (SSSR count). The summed E-state index contributed by atoms with van der Waals surface area (Å²) in [6.45, 7) is 5.77. The smallest absolute Gasteiger partial charge is 0.0371 e. The fourth-order valence-corrected chi connectivity index (χ4v) is 0.698. The van der Waals surface area contributed by atoms with Gasteiger partial charge >= 0.3 is 0 Å². The molecule has 42 valence electrons. The van der Waals surface area contributed by atoms with Crippen LogP contribution in [0, 0.1) is 0 Å². The van der Waals surface area contributed by atoms with E-state index in [1.807, 2.05) is 19.2 Å². The van der Waals surface area contributed by atoms with Crippen LogP contribution in [0.2, 0.25) is 0 Å². The van der Waals surface area contributed by atoms with Crippen molar-refractivity contribution in [1.29, 1.82) is 0 Å². The van der Waals surface area contributed by atoms with Gasteiger partial charge in [-0.25, -0.2) is 0 Å². The van der Waals surface area contributed by atoms with E-state index in [0.717, 1.165) is 17.7 Å². The maximum Gasteiger partial charge on any atom is 0.0371 e. The van der Waals surface area contributed by atoms with Crippen LogP contribution >= 0.6 is 0 Å². The van der Waals surface area contributed by atoms with Gasteiger partial charge in [0, 0.05) is 18.3 Å². The van der Waals surface area contributed by atoms with Gasteiger partial charge in [0.15, 0.2) is 0 Å². The highest BCUT2D eigenvalue weighted by Crippen LogP contribution is 2.08. The second kappa shape index (κ2) is 1.95. The molecule has 0 fully saturated rings. The summed E-state index contributed by atoms with van der Waals surface area (Å²) >= 11 is 0. The lowest BCUT2D eigenvalue weighted by Crippen LogP contribution is -1.86. The molecule has 1 nitrogen and oxygen atoms in total. The molecule has 0 saturated carbocycles.